The van der Waals surface area contributed by atoms with E-state index in [1.54, 1.807) is 12.1 Å². The van der Waals surface area contributed by atoms with E-state index in [-0.39, 0.29) is 16.7 Å². The van der Waals surface area contributed by atoms with Gasteiger partial charge in [-0.25, -0.2) is 13.1 Å². The predicted octanol–water partition coefficient (Wildman–Crippen LogP) is 3.62. The summed E-state index contributed by atoms with van der Waals surface area (Å²) < 4.78 is 38.9. The zero-order valence-corrected chi connectivity index (χ0v) is 16.2. The minimum atomic E-state index is -3.76. The van der Waals surface area contributed by atoms with E-state index in [0.29, 0.717) is 5.75 Å². The molecule has 1 aliphatic rings. The Hall–Kier alpha value is -2.05. The van der Waals surface area contributed by atoms with Crippen molar-refractivity contribution in [1.82, 2.24) is 4.72 Å². The van der Waals surface area contributed by atoms with E-state index in [4.69, 9.17) is 9.47 Å². The molecule has 140 valence electrons. The smallest absolute Gasteiger partial charge is 0.244 e. The lowest BCUT2D eigenvalue weighted by Gasteiger charge is -2.20. The van der Waals surface area contributed by atoms with Crippen LogP contribution in [0.1, 0.15) is 42.5 Å². The first-order valence-corrected chi connectivity index (χ1v) is 10.3. The average Bonchev–Trinajstić information content (AvgIpc) is 2.66. The van der Waals surface area contributed by atoms with Crippen molar-refractivity contribution in [2.75, 3.05) is 14.2 Å². The molecular formula is C20H25NO4S. The minimum absolute atomic E-state index is 0.0733. The SMILES string of the molecule is COc1ccc(OC)c(S(=O)(=O)N[C@@H](C)c2ccc3c(c2)CCCC3)c1. The third-order valence-electron chi connectivity index (χ3n) is 4.86. The van der Waals surface area contributed by atoms with Crippen LogP contribution in [0.4, 0.5) is 0 Å². The topological polar surface area (TPSA) is 64.6 Å². The van der Waals surface area contributed by atoms with Crippen LogP contribution >= 0.6 is 0 Å². The van der Waals surface area contributed by atoms with Crippen molar-refractivity contribution in [2.45, 2.75) is 43.5 Å². The second-order valence-corrected chi connectivity index (χ2v) is 8.28. The minimum Gasteiger partial charge on any atom is -0.497 e. The number of methoxy groups -OCH3 is 2. The molecule has 6 heteroatoms. The van der Waals surface area contributed by atoms with Crippen molar-refractivity contribution in [1.29, 1.82) is 0 Å². The van der Waals surface area contributed by atoms with Gasteiger partial charge in [0.15, 0.2) is 0 Å². The van der Waals surface area contributed by atoms with Crippen molar-refractivity contribution < 1.29 is 17.9 Å². The van der Waals surface area contributed by atoms with Gasteiger partial charge in [-0.2, -0.15) is 0 Å². The van der Waals surface area contributed by atoms with Gasteiger partial charge < -0.3 is 9.47 Å². The molecule has 0 amide bonds. The first-order valence-electron chi connectivity index (χ1n) is 8.80. The fourth-order valence-electron chi connectivity index (χ4n) is 3.38. The number of hydrogen-bond acceptors (Lipinski definition) is 4. The van der Waals surface area contributed by atoms with Gasteiger partial charge in [0.05, 0.1) is 14.2 Å². The molecule has 2 aromatic carbocycles. The number of rotatable bonds is 6. The molecular weight excluding hydrogens is 350 g/mol. The standard InChI is InChI=1S/C20H25NO4S/c1-14(16-9-8-15-6-4-5-7-17(15)12-16)21-26(22,23)20-13-18(24-2)10-11-19(20)25-3/h8-14,21H,4-7H2,1-3H3/t14-/m0/s1. The first-order chi connectivity index (χ1) is 12.4. The highest BCUT2D eigenvalue weighted by Crippen LogP contribution is 2.30. The van der Waals surface area contributed by atoms with Crippen LogP contribution in [0.15, 0.2) is 41.3 Å². The lowest BCUT2D eigenvalue weighted by atomic mass is 9.89. The van der Waals surface area contributed by atoms with Gasteiger partial charge in [0.25, 0.3) is 0 Å². The molecule has 1 N–H and O–H groups in total. The number of hydrogen-bond donors (Lipinski definition) is 1. The Balaban J connectivity index is 1.87. The van der Waals surface area contributed by atoms with Crippen molar-refractivity contribution in [3.63, 3.8) is 0 Å². The van der Waals surface area contributed by atoms with Crippen molar-refractivity contribution in [2.24, 2.45) is 0 Å². The Bertz CT molecular complexity index is 893. The summed E-state index contributed by atoms with van der Waals surface area (Å²) in [6.45, 7) is 1.86. The van der Waals surface area contributed by atoms with Crippen molar-refractivity contribution >= 4 is 10.0 Å². The Morgan fingerprint density at radius 2 is 1.69 bits per heavy atom. The van der Waals surface area contributed by atoms with Gasteiger partial charge >= 0.3 is 0 Å². The highest BCUT2D eigenvalue weighted by molar-refractivity contribution is 7.89. The van der Waals surface area contributed by atoms with Gasteiger partial charge in [-0.3, -0.25) is 0 Å². The number of ether oxygens (including phenoxy) is 2. The quantitative estimate of drug-likeness (QED) is 0.837. The van der Waals surface area contributed by atoms with Crippen LogP contribution in [-0.2, 0) is 22.9 Å². The summed E-state index contributed by atoms with van der Waals surface area (Å²) in [6.07, 6.45) is 4.59. The molecule has 3 rings (SSSR count). The molecule has 0 aliphatic heterocycles. The maximum Gasteiger partial charge on any atom is 0.244 e. The summed E-state index contributed by atoms with van der Waals surface area (Å²) in [5.41, 5.74) is 3.68. The number of nitrogens with one attached hydrogen (secondary N) is 1. The largest absolute Gasteiger partial charge is 0.497 e. The van der Waals surface area contributed by atoms with Crippen LogP contribution in [0.5, 0.6) is 11.5 Å². The normalized spacial score (nSPS) is 15.2. The van der Waals surface area contributed by atoms with E-state index in [9.17, 15) is 8.42 Å². The Morgan fingerprint density at radius 1 is 0.962 bits per heavy atom. The molecule has 5 nitrogen and oxygen atoms in total. The maximum atomic E-state index is 12.9. The van der Waals surface area contributed by atoms with E-state index in [1.807, 2.05) is 13.0 Å². The van der Waals surface area contributed by atoms with Crippen LogP contribution in [0, 0.1) is 0 Å². The number of aryl methyl sites for hydroxylation is 2. The average molecular weight is 375 g/mol. The van der Waals surface area contributed by atoms with Gasteiger partial charge in [0, 0.05) is 12.1 Å². The molecule has 0 fully saturated rings. The fraction of sp³-hybridized carbons (Fsp3) is 0.400. The van der Waals surface area contributed by atoms with Crippen LogP contribution in [0.25, 0.3) is 0 Å². The summed E-state index contributed by atoms with van der Waals surface area (Å²) in [7, 11) is -0.806. The lowest BCUT2D eigenvalue weighted by molar-refractivity contribution is 0.391. The molecule has 0 saturated carbocycles. The van der Waals surface area contributed by atoms with E-state index in [0.717, 1.165) is 18.4 Å². The third kappa shape index (κ3) is 3.86. The maximum absolute atomic E-state index is 12.9. The molecule has 26 heavy (non-hydrogen) atoms. The highest BCUT2D eigenvalue weighted by Gasteiger charge is 2.24. The Labute approximate surface area is 155 Å². The zero-order chi connectivity index (χ0) is 18.7. The number of fused-ring (bicyclic) bond motifs is 1. The molecule has 0 saturated heterocycles. The Morgan fingerprint density at radius 3 is 2.38 bits per heavy atom. The monoisotopic (exact) mass is 375 g/mol. The molecule has 0 spiro atoms. The van der Waals surface area contributed by atoms with Crippen molar-refractivity contribution in [3.8, 4) is 11.5 Å². The van der Waals surface area contributed by atoms with Crippen LogP contribution in [-0.4, -0.2) is 22.6 Å². The highest BCUT2D eigenvalue weighted by atomic mass is 32.2. The summed E-state index contributed by atoms with van der Waals surface area (Å²) in [6, 6.07) is 10.7. The zero-order valence-electron chi connectivity index (χ0n) is 15.4. The van der Waals surface area contributed by atoms with E-state index >= 15 is 0 Å². The molecule has 1 atom stereocenters. The van der Waals surface area contributed by atoms with Crippen LogP contribution in [0.3, 0.4) is 0 Å². The van der Waals surface area contributed by atoms with Gasteiger partial charge in [0.1, 0.15) is 16.4 Å². The second-order valence-electron chi connectivity index (χ2n) is 6.60. The van der Waals surface area contributed by atoms with E-state index < -0.39 is 10.0 Å². The molecule has 0 radical (unpaired) electrons. The van der Waals surface area contributed by atoms with Gasteiger partial charge in [0.2, 0.25) is 10.0 Å². The second kappa shape index (κ2) is 7.68. The lowest BCUT2D eigenvalue weighted by Crippen LogP contribution is -2.27. The molecule has 0 aromatic heterocycles. The first kappa shape index (κ1) is 18.7. The predicted molar refractivity (Wildman–Crippen MR) is 101 cm³/mol. The number of sulfonamides is 1. The summed E-state index contributed by atoms with van der Waals surface area (Å²) in [4.78, 5) is 0.0733. The van der Waals surface area contributed by atoms with Crippen LogP contribution < -0.4 is 14.2 Å². The summed E-state index contributed by atoms with van der Waals surface area (Å²) >= 11 is 0. The molecule has 2 aromatic rings. The van der Waals surface area contributed by atoms with Crippen molar-refractivity contribution in [3.05, 3.63) is 53.1 Å². The van der Waals surface area contributed by atoms with E-state index in [1.165, 1.54) is 44.3 Å². The fourth-order valence-corrected chi connectivity index (χ4v) is 4.80. The molecule has 0 bridgehead atoms. The summed E-state index contributed by atoms with van der Waals surface area (Å²) in [5, 5.41) is 0. The van der Waals surface area contributed by atoms with E-state index in [2.05, 4.69) is 16.9 Å². The Kier molecular flexibility index (Phi) is 5.53. The van der Waals surface area contributed by atoms with Crippen LogP contribution in [0.2, 0.25) is 0 Å². The van der Waals surface area contributed by atoms with Gasteiger partial charge in [-0.05, 0) is 61.4 Å². The molecule has 0 heterocycles. The number of benzene rings is 2. The third-order valence-corrected chi connectivity index (χ3v) is 6.43. The van der Waals surface area contributed by atoms with Gasteiger partial charge in [-0.15, -0.1) is 0 Å². The summed E-state index contributed by atoms with van der Waals surface area (Å²) in [5.74, 6) is 0.753. The molecule has 1 aliphatic carbocycles. The van der Waals surface area contributed by atoms with Gasteiger partial charge in [-0.1, -0.05) is 18.2 Å². The molecule has 0 unspecified atom stereocenters.